The van der Waals surface area contributed by atoms with Crippen molar-refractivity contribution in [2.24, 2.45) is 0 Å². The summed E-state index contributed by atoms with van der Waals surface area (Å²) in [5.74, 6) is -1.16. The Balaban J connectivity index is 2.73. The number of carbonyl (C=O) groups excluding carboxylic acids is 2. The minimum Gasteiger partial charge on any atom is -0.481 e. The first-order chi connectivity index (χ1) is 10.6. The molecule has 23 heavy (non-hydrogen) atoms. The fraction of sp³-hybridized carbons (Fsp3) is 0.400. The summed E-state index contributed by atoms with van der Waals surface area (Å²) in [6.07, 6.45) is 0.238. The van der Waals surface area contributed by atoms with E-state index in [4.69, 9.17) is 16.7 Å². The van der Waals surface area contributed by atoms with Gasteiger partial charge in [0.1, 0.15) is 0 Å². The Bertz CT molecular complexity index is 617. The van der Waals surface area contributed by atoms with Crippen LogP contribution in [0.4, 0.5) is 16.2 Å². The van der Waals surface area contributed by atoms with Crippen LogP contribution in [0.5, 0.6) is 0 Å². The van der Waals surface area contributed by atoms with E-state index in [0.29, 0.717) is 16.4 Å². The molecule has 0 saturated carbocycles. The number of nitrogens with one attached hydrogen (secondary N) is 3. The molecule has 4 N–H and O–H groups in total. The van der Waals surface area contributed by atoms with Crippen molar-refractivity contribution in [2.75, 3.05) is 10.6 Å². The van der Waals surface area contributed by atoms with Crippen LogP contribution in [0, 0.1) is 0 Å². The van der Waals surface area contributed by atoms with Crippen LogP contribution in [0.1, 0.15) is 33.6 Å². The lowest BCUT2D eigenvalue weighted by Gasteiger charge is -2.26. The first-order valence-electron chi connectivity index (χ1n) is 6.97. The molecule has 0 bridgehead atoms. The van der Waals surface area contributed by atoms with E-state index in [2.05, 4.69) is 16.0 Å². The maximum absolute atomic E-state index is 12.0. The minimum atomic E-state index is -0.925. The zero-order valence-corrected chi connectivity index (χ0v) is 14.0. The number of amides is 3. The third-order valence-corrected chi connectivity index (χ3v) is 3.28. The number of hydrogen-bond acceptors (Lipinski definition) is 3. The Morgan fingerprint density at radius 1 is 1.22 bits per heavy atom. The van der Waals surface area contributed by atoms with Crippen LogP contribution in [-0.2, 0) is 9.59 Å². The summed E-state index contributed by atoms with van der Waals surface area (Å²) >= 11 is 6.02. The molecule has 3 amide bonds. The number of halogens is 1. The largest absolute Gasteiger partial charge is 0.481 e. The molecule has 0 radical (unpaired) electrons. The maximum atomic E-state index is 12.0. The van der Waals surface area contributed by atoms with Gasteiger partial charge in [0.2, 0.25) is 5.91 Å². The third-order valence-electron chi connectivity index (χ3n) is 2.95. The van der Waals surface area contributed by atoms with Crippen molar-refractivity contribution < 1.29 is 19.5 Å². The SMILES string of the molecule is CC(=O)Nc1ccc(Cl)c(NC(=O)NC(C)(C)CCC(=O)O)c1. The van der Waals surface area contributed by atoms with E-state index in [1.54, 1.807) is 26.0 Å². The monoisotopic (exact) mass is 341 g/mol. The van der Waals surface area contributed by atoms with Gasteiger partial charge in [-0.3, -0.25) is 9.59 Å². The van der Waals surface area contributed by atoms with Crippen molar-refractivity contribution in [1.29, 1.82) is 0 Å². The summed E-state index contributed by atoms with van der Waals surface area (Å²) in [4.78, 5) is 33.7. The summed E-state index contributed by atoms with van der Waals surface area (Å²) in [5.41, 5.74) is 0.149. The van der Waals surface area contributed by atoms with E-state index in [0.717, 1.165) is 0 Å². The van der Waals surface area contributed by atoms with E-state index in [1.165, 1.54) is 13.0 Å². The Morgan fingerprint density at radius 3 is 2.43 bits per heavy atom. The molecule has 1 rings (SSSR count). The zero-order valence-electron chi connectivity index (χ0n) is 13.2. The normalized spacial score (nSPS) is 10.8. The highest BCUT2D eigenvalue weighted by molar-refractivity contribution is 6.33. The number of benzene rings is 1. The number of anilines is 2. The van der Waals surface area contributed by atoms with Crippen LogP contribution in [0.2, 0.25) is 5.02 Å². The van der Waals surface area contributed by atoms with Gasteiger partial charge in [-0.1, -0.05) is 11.6 Å². The number of carbonyl (C=O) groups is 3. The second-order valence-electron chi connectivity index (χ2n) is 5.73. The topological polar surface area (TPSA) is 108 Å². The number of carboxylic acids is 1. The van der Waals surface area contributed by atoms with Gasteiger partial charge in [0.05, 0.1) is 10.7 Å². The smallest absolute Gasteiger partial charge is 0.319 e. The van der Waals surface area contributed by atoms with Gasteiger partial charge in [-0.05, 0) is 38.5 Å². The molecule has 7 nitrogen and oxygen atoms in total. The molecule has 0 atom stereocenters. The molecule has 0 aliphatic carbocycles. The number of hydrogen-bond donors (Lipinski definition) is 4. The Morgan fingerprint density at radius 2 is 1.87 bits per heavy atom. The molecule has 1 aromatic rings. The Kier molecular flexibility index (Phi) is 6.38. The molecule has 8 heteroatoms. The molecule has 0 fully saturated rings. The quantitative estimate of drug-likeness (QED) is 0.637. The van der Waals surface area contributed by atoms with Gasteiger partial charge in [0, 0.05) is 24.6 Å². The molecule has 126 valence electrons. The second kappa shape index (κ2) is 7.82. The second-order valence-corrected chi connectivity index (χ2v) is 6.14. The van der Waals surface area contributed by atoms with Gasteiger partial charge in [0.25, 0.3) is 0 Å². The van der Waals surface area contributed by atoms with Gasteiger partial charge in [0.15, 0.2) is 0 Å². The first-order valence-corrected chi connectivity index (χ1v) is 7.35. The van der Waals surface area contributed by atoms with Crippen molar-refractivity contribution in [3.05, 3.63) is 23.2 Å². The van der Waals surface area contributed by atoms with Crippen LogP contribution in [0.3, 0.4) is 0 Å². The van der Waals surface area contributed by atoms with Crippen LogP contribution >= 0.6 is 11.6 Å². The molecule has 1 aromatic carbocycles. The van der Waals surface area contributed by atoms with E-state index < -0.39 is 17.5 Å². The van der Waals surface area contributed by atoms with Crippen molar-refractivity contribution in [2.45, 2.75) is 39.2 Å². The third kappa shape index (κ3) is 7.01. The summed E-state index contributed by atoms with van der Waals surface area (Å²) in [6.45, 7) is 4.83. The predicted octanol–water partition coefficient (Wildman–Crippen LogP) is 3.06. The van der Waals surface area contributed by atoms with Crippen LogP contribution < -0.4 is 16.0 Å². The molecule has 0 heterocycles. The van der Waals surface area contributed by atoms with Gasteiger partial charge in [-0.25, -0.2) is 4.79 Å². The van der Waals surface area contributed by atoms with Gasteiger partial charge < -0.3 is 21.1 Å². The minimum absolute atomic E-state index is 0.0496. The average Bonchev–Trinajstić information content (AvgIpc) is 2.39. The van der Waals surface area contributed by atoms with Crippen molar-refractivity contribution in [1.82, 2.24) is 5.32 Å². The fourth-order valence-electron chi connectivity index (χ4n) is 1.84. The molecule has 0 aliphatic heterocycles. The van der Waals surface area contributed by atoms with Crippen molar-refractivity contribution in [3.8, 4) is 0 Å². The molecule has 0 unspecified atom stereocenters. The maximum Gasteiger partial charge on any atom is 0.319 e. The molecular weight excluding hydrogens is 322 g/mol. The number of carboxylic acid groups (broad SMARTS) is 1. The number of rotatable bonds is 6. The average molecular weight is 342 g/mol. The predicted molar refractivity (Wildman–Crippen MR) is 88.9 cm³/mol. The standard InChI is InChI=1S/C15H20ClN3O4/c1-9(20)17-10-4-5-11(16)12(8-10)18-14(23)19-15(2,3)7-6-13(21)22/h4-5,8H,6-7H2,1-3H3,(H,17,20)(H,21,22)(H2,18,19,23). The zero-order chi connectivity index (χ0) is 17.6. The van der Waals surface area contributed by atoms with Gasteiger partial charge in [-0.2, -0.15) is 0 Å². The van der Waals surface area contributed by atoms with Gasteiger partial charge in [-0.15, -0.1) is 0 Å². The van der Waals surface area contributed by atoms with E-state index in [-0.39, 0.29) is 18.7 Å². The number of aliphatic carboxylic acids is 1. The highest BCUT2D eigenvalue weighted by atomic mass is 35.5. The lowest BCUT2D eigenvalue weighted by atomic mass is 9.99. The van der Waals surface area contributed by atoms with E-state index in [9.17, 15) is 14.4 Å². The first kappa shape index (κ1) is 18.8. The Hall–Kier alpha value is -2.28. The molecular formula is C15H20ClN3O4. The number of urea groups is 1. The molecule has 0 spiro atoms. The van der Waals surface area contributed by atoms with Crippen LogP contribution in [0.15, 0.2) is 18.2 Å². The van der Waals surface area contributed by atoms with Crippen molar-refractivity contribution >= 4 is 40.9 Å². The molecule has 0 saturated heterocycles. The van der Waals surface area contributed by atoms with E-state index in [1.807, 2.05) is 0 Å². The summed E-state index contributed by atoms with van der Waals surface area (Å²) in [6, 6.07) is 4.19. The molecule has 0 aromatic heterocycles. The van der Waals surface area contributed by atoms with Crippen LogP contribution in [0.25, 0.3) is 0 Å². The van der Waals surface area contributed by atoms with Crippen LogP contribution in [-0.4, -0.2) is 28.6 Å². The lowest BCUT2D eigenvalue weighted by Crippen LogP contribution is -2.45. The van der Waals surface area contributed by atoms with Gasteiger partial charge >= 0.3 is 12.0 Å². The highest BCUT2D eigenvalue weighted by Crippen LogP contribution is 2.25. The highest BCUT2D eigenvalue weighted by Gasteiger charge is 2.22. The van der Waals surface area contributed by atoms with Crippen molar-refractivity contribution in [3.63, 3.8) is 0 Å². The van der Waals surface area contributed by atoms with E-state index >= 15 is 0 Å². The Labute approximate surface area is 139 Å². The summed E-state index contributed by atoms with van der Waals surface area (Å²) in [5, 5.41) is 16.9. The summed E-state index contributed by atoms with van der Waals surface area (Å²) < 4.78 is 0. The fourth-order valence-corrected chi connectivity index (χ4v) is 2.01. The molecule has 0 aliphatic rings. The lowest BCUT2D eigenvalue weighted by molar-refractivity contribution is -0.137. The summed E-state index contributed by atoms with van der Waals surface area (Å²) in [7, 11) is 0.